The van der Waals surface area contributed by atoms with Crippen LogP contribution in [0.3, 0.4) is 0 Å². The molecule has 0 bridgehead atoms. The molecule has 0 aromatic carbocycles. The summed E-state index contributed by atoms with van der Waals surface area (Å²) in [5.74, 6) is -1.05. The third kappa shape index (κ3) is 2.58. The van der Waals surface area contributed by atoms with E-state index in [2.05, 4.69) is 11.8 Å². The van der Waals surface area contributed by atoms with Crippen LogP contribution < -0.4 is 0 Å². The van der Waals surface area contributed by atoms with Crippen LogP contribution in [0.1, 0.15) is 25.7 Å². The number of carboxylic acids is 1. The maximum absolute atomic E-state index is 10.9. The maximum Gasteiger partial charge on any atom is 0.310 e. The molecular weight excluding hydrogens is 180 g/mol. The predicted octanol–water partition coefficient (Wildman–Crippen LogP) is 1.69. The molecule has 1 aliphatic rings. The molecule has 0 saturated heterocycles. The minimum atomic E-state index is -0.728. The Labute approximate surface area is 83.9 Å². The van der Waals surface area contributed by atoms with Gasteiger partial charge in [0.25, 0.3) is 0 Å². The van der Waals surface area contributed by atoms with Gasteiger partial charge in [0.05, 0.1) is 5.92 Å². The molecule has 14 heavy (non-hydrogen) atoms. The SMILES string of the molecule is C=NN(C)/C=C1\CCCCC1C(=O)O. The molecule has 1 saturated carbocycles. The number of aliphatic carboxylic acids is 1. The van der Waals surface area contributed by atoms with Gasteiger partial charge in [-0.25, -0.2) is 0 Å². The first-order valence-electron chi connectivity index (χ1n) is 4.78. The zero-order chi connectivity index (χ0) is 10.6. The molecule has 1 atom stereocenters. The molecule has 78 valence electrons. The second-order valence-electron chi connectivity index (χ2n) is 3.56. The van der Waals surface area contributed by atoms with E-state index in [1.807, 2.05) is 0 Å². The summed E-state index contributed by atoms with van der Waals surface area (Å²) >= 11 is 0. The lowest BCUT2D eigenvalue weighted by Crippen LogP contribution is -2.21. The van der Waals surface area contributed by atoms with E-state index in [1.165, 1.54) is 0 Å². The molecule has 1 N–H and O–H groups in total. The van der Waals surface area contributed by atoms with Crippen molar-refractivity contribution in [2.24, 2.45) is 11.0 Å². The highest BCUT2D eigenvalue weighted by molar-refractivity contribution is 5.73. The van der Waals surface area contributed by atoms with Gasteiger partial charge < -0.3 is 5.11 Å². The van der Waals surface area contributed by atoms with Gasteiger partial charge in [0.15, 0.2) is 0 Å². The van der Waals surface area contributed by atoms with E-state index in [9.17, 15) is 4.79 Å². The number of hydrogen-bond acceptors (Lipinski definition) is 3. The molecule has 0 radical (unpaired) electrons. The van der Waals surface area contributed by atoms with Gasteiger partial charge in [-0.1, -0.05) is 6.42 Å². The Morgan fingerprint density at radius 1 is 1.71 bits per heavy atom. The van der Waals surface area contributed by atoms with E-state index in [0.717, 1.165) is 31.3 Å². The average molecular weight is 196 g/mol. The lowest BCUT2D eigenvalue weighted by molar-refractivity contribution is -0.141. The Bertz CT molecular complexity index is 261. The number of hydrogen-bond donors (Lipinski definition) is 1. The molecule has 0 heterocycles. The Hall–Kier alpha value is -1.32. The monoisotopic (exact) mass is 196 g/mol. The zero-order valence-electron chi connectivity index (χ0n) is 8.44. The fourth-order valence-corrected chi connectivity index (χ4v) is 1.75. The highest BCUT2D eigenvalue weighted by Crippen LogP contribution is 2.29. The van der Waals surface area contributed by atoms with Crippen molar-refractivity contribution in [3.8, 4) is 0 Å². The summed E-state index contributed by atoms with van der Waals surface area (Å²) in [6.45, 7) is 3.38. The number of carboxylic acid groups (broad SMARTS) is 1. The molecule has 0 amide bonds. The van der Waals surface area contributed by atoms with Crippen LogP contribution in [0.2, 0.25) is 0 Å². The van der Waals surface area contributed by atoms with Gasteiger partial charge in [-0.05, 0) is 24.8 Å². The van der Waals surface area contributed by atoms with Crippen LogP contribution >= 0.6 is 0 Å². The molecule has 0 aromatic rings. The summed E-state index contributed by atoms with van der Waals surface area (Å²) in [5.41, 5.74) is 0.957. The largest absolute Gasteiger partial charge is 0.481 e. The molecule has 4 nitrogen and oxygen atoms in total. The molecule has 1 fully saturated rings. The number of hydrazone groups is 1. The number of rotatable bonds is 3. The highest BCUT2D eigenvalue weighted by Gasteiger charge is 2.25. The van der Waals surface area contributed by atoms with Crippen molar-refractivity contribution in [1.29, 1.82) is 0 Å². The van der Waals surface area contributed by atoms with Gasteiger partial charge in [-0.3, -0.25) is 9.80 Å². The van der Waals surface area contributed by atoms with E-state index in [0.29, 0.717) is 0 Å². The number of carbonyl (C=O) groups is 1. The zero-order valence-corrected chi connectivity index (χ0v) is 8.44. The normalized spacial score (nSPS) is 24.6. The fourth-order valence-electron chi connectivity index (χ4n) is 1.75. The molecule has 1 aliphatic carbocycles. The molecule has 0 aromatic heterocycles. The van der Waals surface area contributed by atoms with Crippen molar-refractivity contribution < 1.29 is 9.90 Å². The average Bonchev–Trinajstić information content (AvgIpc) is 2.18. The van der Waals surface area contributed by atoms with Gasteiger partial charge in [0.2, 0.25) is 0 Å². The summed E-state index contributed by atoms with van der Waals surface area (Å²) in [7, 11) is 1.76. The van der Waals surface area contributed by atoms with Crippen LogP contribution in [0.5, 0.6) is 0 Å². The summed E-state index contributed by atoms with van der Waals surface area (Å²) in [6.07, 6.45) is 5.45. The van der Waals surface area contributed by atoms with E-state index >= 15 is 0 Å². The Balaban J connectivity index is 2.76. The van der Waals surface area contributed by atoms with Gasteiger partial charge in [0.1, 0.15) is 0 Å². The van der Waals surface area contributed by atoms with Crippen molar-refractivity contribution >= 4 is 12.7 Å². The fraction of sp³-hybridized carbons (Fsp3) is 0.600. The summed E-state index contributed by atoms with van der Waals surface area (Å²) in [4.78, 5) is 10.9. The second-order valence-corrected chi connectivity index (χ2v) is 3.56. The standard InChI is InChI=1S/C10H16N2O2/c1-11-12(2)7-8-5-3-4-6-9(8)10(13)14/h7,9H,1,3-6H2,2H3,(H,13,14)/b8-7+. The van der Waals surface area contributed by atoms with Crippen molar-refractivity contribution in [3.63, 3.8) is 0 Å². The van der Waals surface area contributed by atoms with Crippen LogP contribution in [-0.2, 0) is 4.79 Å². The predicted molar refractivity (Wildman–Crippen MR) is 55.0 cm³/mol. The topological polar surface area (TPSA) is 52.9 Å². The smallest absolute Gasteiger partial charge is 0.310 e. The summed E-state index contributed by atoms with van der Waals surface area (Å²) < 4.78 is 0. The molecular formula is C10H16N2O2. The van der Waals surface area contributed by atoms with E-state index in [-0.39, 0.29) is 5.92 Å². The van der Waals surface area contributed by atoms with Crippen molar-refractivity contribution in [3.05, 3.63) is 11.8 Å². The Morgan fingerprint density at radius 2 is 2.43 bits per heavy atom. The van der Waals surface area contributed by atoms with E-state index < -0.39 is 5.97 Å². The van der Waals surface area contributed by atoms with Crippen LogP contribution in [0.25, 0.3) is 0 Å². The lowest BCUT2D eigenvalue weighted by Gasteiger charge is -2.22. The first kappa shape index (κ1) is 10.8. The molecule has 0 aliphatic heterocycles. The van der Waals surface area contributed by atoms with E-state index in [4.69, 9.17) is 5.11 Å². The molecule has 1 unspecified atom stereocenters. The van der Waals surface area contributed by atoms with Gasteiger partial charge in [-0.15, -0.1) is 0 Å². The van der Waals surface area contributed by atoms with Gasteiger partial charge in [-0.2, -0.15) is 5.10 Å². The first-order chi connectivity index (χ1) is 6.65. The first-order valence-corrected chi connectivity index (χ1v) is 4.78. The van der Waals surface area contributed by atoms with Crippen molar-refractivity contribution in [2.75, 3.05) is 7.05 Å². The summed E-state index contributed by atoms with van der Waals surface area (Å²) in [5, 5.41) is 14.2. The van der Waals surface area contributed by atoms with Crippen molar-refractivity contribution in [2.45, 2.75) is 25.7 Å². The second kappa shape index (κ2) is 4.79. The molecule has 1 rings (SSSR count). The number of nitrogens with zero attached hydrogens (tertiary/aromatic N) is 2. The Kier molecular flexibility index (Phi) is 3.68. The Morgan fingerprint density at radius 3 is 3.00 bits per heavy atom. The minimum absolute atomic E-state index is 0.326. The summed E-state index contributed by atoms with van der Waals surface area (Å²) in [6, 6.07) is 0. The lowest BCUT2D eigenvalue weighted by atomic mass is 9.85. The van der Waals surface area contributed by atoms with Gasteiger partial charge in [0, 0.05) is 20.0 Å². The minimum Gasteiger partial charge on any atom is -0.481 e. The molecule has 4 heteroatoms. The van der Waals surface area contributed by atoms with Gasteiger partial charge >= 0.3 is 5.97 Å². The van der Waals surface area contributed by atoms with Crippen LogP contribution in [0, 0.1) is 5.92 Å². The maximum atomic E-state index is 10.9. The van der Waals surface area contributed by atoms with Crippen LogP contribution in [0.15, 0.2) is 16.9 Å². The van der Waals surface area contributed by atoms with E-state index in [1.54, 1.807) is 18.3 Å². The quantitative estimate of drug-likeness (QED) is 0.552. The third-order valence-electron chi connectivity index (χ3n) is 2.53. The van der Waals surface area contributed by atoms with Crippen LogP contribution in [0.4, 0.5) is 0 Å². The highest BCUT2D eigenvalue weighted by atomic mass is 16.4. The molecule has 0 spiro atoms. The van der Waals surface area contributed by atoms with Crippen molar-refractivity contribution in [1.82, 2.24) is 5.01 Å². The third-order valence-corrected chi connectivity index (χ3v) is 2.53. The van der Waals surface area contributed by atoms with Crippen LogP contribution in [-0.4, -0.2) is 29.8 Å².